The highest BCUT2D eigenvalue weighted by Crippen LogP contribution is 2.27. The summed E-state index contributed by atoms with van der Waals surface area (Å²) in [5, 5.41) is 0.858. The molecule has 0 aromatic heterocycles. The van der Waals surface area contributed by atoms with Crippen molar-refractivity contribution in [3.05, 3.63) is 34.9 Å². The summed E-state index contributed by atoms with van der Waals surface area (Å²) in [7, 11) is 2.17. The molecule has 1 aromatic rings. The van der Waals surface area contributed by atoms with E-state index in [1.165, 1.54) is 24.8 Å². The Morgan fingerprint density at radius 1 is 1.25 bits per heavy atom. The van der Waals surface area contributed by atoms with Crippen molar-refractivity contribution in [3.8, 4) is 0 Å². The summed E-state index contributed by atoms with van der Waals surface area (Å²) in [5.74, 6) is 0. The highest BCUT2D eigenvalue weighted by atomic mass is 35.5. The zero-order chi connectivity index (χ0) is 15.2. The molecule has 0 fully saturated rings. The summed E-state index contributed by atoms with van der Waals surface area (Å²) >= 11 is 6.26. The normalized spacial score (nSPS) is 13.8. The smallest absolute Gasteiger partial charge is 0.0453 e. The Morgan fingerprint density at radius 2 is 1.90 bits per heavy atom. The van der Waals surface area contributed by atoms with Crippen LogP contribution in [-0.2, 0) is 0 Å². The van der Waals surface area contributed by atoms with Crippen molar-refractivity contribution in [2.75, 3.05) is 20.1 Å². The van der Waals surface area contributed by atoms with Gasteiger partial charge in [-0.1, -0.05) is 50.1 Å². The van der Waals surface area contributed by atoms with E-state index in [2.05, 4.69) is 44.9 Å². The summed E-state index contributed by atoms with van der Waals surface area (Å²) in [6.45, 7) is 8.54. The first-order chi connectivity index (χ1) is 9.37. The molecule has 0 saturated heterocycles. The summed E-state index contributed by atoms with van der Waals surface area (Å²) in [5.41, 5.74) is 7.24. The molecule has 0 radical (unpaired) electrons. The van der Waals surface area contributed by atoms with Crippen LogP contribution in [0.3, 0.4) is 0 Å². The molecule has 0 aliphatic heterocycles. The van der Waals surface area contributed by atoms with E-state index in [0.29, 0.717) is 6.04 Å². The molecule has 2 nitrogen and oxygen atoms in total. The number of hydrogen-bond acceptors (Lipinski definition) is 2. The van der Waals surface area contributed by atoms with E-state index in [1.807, 2.05) is 12.1 Å². The topological polar surface area (TPSA) is 29.3 Å². The van der Waals surface area contributed by atoms with Gasteiger partial charge in [0.1, 0.15) is 0 Å². The zero-order valence-corrected chi connectivity index (χ0v) is 14.1. The molecule has 1 aromatic carbocycles. The molecule has 1 rings (SSSR count). The molecule has 2 N–H and O–H groups in total. The molecule has 0 aliphatic carbocycles. The van der Waals surface area contributed by atoms with Crippen molar-refractivity contribution >= 4 is 11.6 Å². The minimum Gasteiger partial charge on any atom is -0.330 e. The van der Waals surface area contributed by atoms with Gasteiger partial charge >= 0.3 is 0 Å². The Labute approximate surface area is 129 Å². The lowest BCUT2D eigenvalue weighted by Gasteiger charge is -2.27. The van der Waals surface area contributed by atoms with E-state index >= 15 is 0 Å². The van der Waals surface area contributed by atoms with Gasteiger partial charge in [-0.05, 0) is 56.9 Å². The molecule has 0 saturated carbocycles. The molecule has 3 heteroatoms. The Bertz CT molecular complexity index is 404. The van der Waals surface area contributed by atoms with Crippen molar-refractivity contribution in [2.24, 2.45) is 11.1 Å². The number of unbranched alkanes of at least 4 members (excludes halogenated alkanes) is 1. The van der Waals surface area contributed by atoms with Gasteiger partial charge in [-0.15, -0.1) is 0 Å². The summed E-state index contributed by atoms with van der Waals surface area (Å²) in [4.78, 5) is 2.37. The fourth-order valence-electron chi connectivity index (χ4n) is 2.31. The molecular formula is C17H29ClN2. The average molecular weight is 297 g/mol. The third-order valence-electron chi connectivity index (χ3n) is 4.18. The molecule has 1 unspecified atom stereocenters. The first-order valence-electron chi connectivity index (χ1n) is 7.52. The van der Waals surface area contributed by atoms with Crippen LogP contribution in [0.5, 0.6) is 0 Å². The van der Waals surface area contributed by atoms with Crippen LogP contribution in [0, 0.1) is 5.41 Å². The monoisotopic (exact) mass is 296 g/mol. The van der Waals surface area contributed by atoms with Gasteiger partial charge in [0.2, 0.25) is 0 Å². The van der Waals surface area contributed by atoms with Crippen molar-refractivity contribution in [3.63, 3.8) is 0 Å². The van der Waals surface area contributed by atoms with Crippen LogP contribution in [-0.4, -0.2) is 25.0 Å². The molecule has 0 heterocycles. The van der Waals surface area contributed by atoms with Crippen molar-refractivity contribution in [1.29, 1.82) is 0 Å². The Morgan fingerprint density at radius 3 is 2.50 bits per heavy atom. The van der Waals surface area contributed by atoms with Crippen molar-refractivity contribution in [1.82, 2.24) is 4.90 Å². The molecule has 0 bridgehead atoms. The van der Waals surface area contributed by atoms with Crippen LogP contribution < -0.4 is 5.73 Å². The fourth-order valence-corrected chi connectivity index (χ4v) is 2.61. The highest BCUT2D eigenvalue weighted by molar-refractivity contribution is 6.31. The average Bonchev–Trinajstić information content (AvgIpc) is 2.43. The van der Waals surface area contributed by atoms with E-state index in [4.69, 9.17) is 17.3 Å². The quantitative estimate of drug-likeness (QED) is 0.716. The number of halogens is 1. The standard InChI is InChI=1S/C17H29ClN2/c1-14(15-9-5-6-10-16(15)18)20(4)12-8-7-11-17(2,3)13-19/h5-6,9-10,14H,7-8,11-13,19H2,1-4H3. The van der Waals surface area contributed by atoms with Gasteiger partial charge in [0.05, 0.1) is 0 Å². The van der Waals surface area contributed by atoms with Crippen LogP contribution in [0.2, 0.25) is 5.02 Å². The number of rotatable bonds is 8. The van der Waals surface area contributed by atoms with Crippen LogP contribution in [0.1, 0.15) is 51.6 Å². The van der Waals surface area contributed by atoms with Gasteiger partial charge in [-0.25, -0.2) is 0 Å². The number of hydrogen-bond donors (Lipinski definition) is 1. The lowest BCUT2D eigenvalue weighted by atomic mass is 9.87. The predicted octanol–water partition coefficient (Wildman–Crippen LogP) is 4.49. The summed E-state index contributed by atoms with van der Waals surface area (Å²) in [6, 6.07) is 8.46. The largest absolute Gasteiger partial charge is 0.330 e. The van der Waals surface area contributed by atoms with Crippen LogP contribution in [0.25, 0.3) is 0 Å². The van der Waals surface area contributed by atoms with E-state index in [-0.39, 0.29) is 5.41 Å². The second kappa shape index (κ2) is 8.02. The molecule has 114 valence electrons. The highest BCUT2D eigenvalue weighted by Gasteiger charge is 2.16. The van der Waals surface area contributed by atoms with Crippen LogP contribution >= 0.6 is 11.6 Å². The molecule has 0 spiro atoms. The third-order valence-corrected chi connectivity index (χ3v) is 4.53. The maximum Gasteiger partial charge on any atom is 0.0453 e. The van der Waals surface area contributed by atoms with Gasteiger partial charge < -0.3 is 5.73 Å². The SMILES string of the molecule is CC(c1ccccc1Cl)N(C)CCCCC(C)(C)CN. The number of nitrogens with two attached hydrogens (primary N) is 1. The molecular weight excluding hydrogens is 268 g/mol. The van der Waals surface area contributed by atoms with E-state index < -0.39 is 0 Å². The van der Waals surface area contributed by atoms with E-state index in [1.54, 1.807) is 0 Å². The van der Waals surface area contributed by atoms with Gasteiger partial charge in [0.25, 0.3) is 0 Å². The van der Waals surface area contributed by atoms with Crippen LogP contribution in [0.4, 0.5) is 0 Å². The maximum atomic E-state index is 6.26. The summed E-state index contributed by atoms with van der Waals surface area (Å²) in [6.07, 6.45) is 3.62. The van der Waals surface area contributed by atoms with Crippen molar-refractivity contribution in [2.45, 2.75) is 46.1 Å². The first-order valence-corrected chi connectivity index (χ1v) is 7.90. The van der Waals surface area contributed by atoms with Gasteiger partial charge in [0, 0.05) is 11.1 Å². The molecule has 1 atom stereocenters. The first kappa shape index (κ1) is 17.5. The minimum atomic E-state index is 0.271. The maximum absolute atomic E-state index is 6.26. The predicted molar refractivity (Wildman–Crippen MR) is 89.2 cm³/mol. The minimum absolute atomic E-state index is 0.271. The fraction of sp³-hybridized carbons (Fsp3) is 0.647. The second-order valence-corrected chi connectivity index (χ2v) is 6.91. The third kappa shape index (κ3) is 5.43. The summed E-state index contributed by atoms with van der Waals surface area (Å²) < 4.78 is 0. The van der Waals surface area contributed by atoms with Crippen LogP contribution in [0.15, 0.2) is 24.3 Å². The van der Waals surface area contributed by atoms with E-state index in [0.717, 1.165) is 18.1 Å². The Hall–Kier alpha value is -0.570. The van der Waals surface area contributed by atoms with Crippen molar-refractivity contribution < 1.29 is 0 Å². The lowest BCUT2D eigenvalue weighted by molar-refractivity contribution is 0.245. The number of benzene rings is 1. The van der Waals surface area contributed by atoms with Gasteiger partial charge in [0.15, 0.2) is 0 Å². The molecule has 20 heavy (non-hydrogen) atoms. The zero-order valence-electron chi connectivity index (χ0n) is 13.3. The van der Waals surface area contributed by atoms with Gasteiger partial charge in [-0.3, -0.25) is 4.90 Å². The Kier molecular flexibility index (Phi) is 7.01. The molecule has 0 amide bonds. The van der Waals surface area contributed by atoms with E-state index in [9.17, 15) is 0 Å². The Balaban J connectivity index is 2.40. The second-order valence-electron chi connectivity index (χ2n) is 6.50. The molecule has 0 aliphatic rings. The van der Waals surface area contributed by atoms with Gasteiger partial charge in [-0.2, -0.15) is 0 Å². The number of nitrogens with zero attached hydrogens (tertiary/aromatic N) is 1. The lowest BCUT2D eigenvalue weighted by Crippen LogP contribution is -2.25.